The number of anilines is 2. The molecule has 1 saturated heterocycles. The van der Waals surface area contributed by atoms with E-state index < -0.39 is 0 Å². The molecular weight excluding hydrogens is 384 g/mol. The summed E-state index contributed by atoms with van der Waals surface area (Å²) in [6, 6.07) is 12.0. The Labute approximate surface area is 175 Å². The molecule has 1 fully saturated rings. The Morgan fingerprint density at radius 2 is 1.83 bits per heavy atom. The van der Waals surface area contributed by atoms with Crippen molar-refractivity contribution >= 4 is 34.7 Å². The molecule has 3 aliphatic rings. The van der Waals surface area contributed by atoms with Crippen LogP contribution in [0.15, 0.2) is 57.7 Å². The van der Waals surface area contributed by atoms with Crippen LogP contribution in [0.4, 0.5) is 11.5 Å². The number of pyridine rings is 1. The minimum Gasteiger partial charge on any atom is -0.354 e. The van der Waals surface area contributed by atoms with Crippen molar-refractivity contribution in [1.29, 1.82) is 0 Å². The Balaban J connectivity index is 1.66. The predicted molar refractivity (Wildman–Crippen MR) is 120 cm³/mol. The van der Waals surface area contributed by atoms with Gasteiger partial charge in [-0.1, -0.05) is 29.8 Å². The number of aromatic nitrogens is 1. The molecule has 29 heavy (non-hydrogen) atoms. The maximum atomic E-state index is 6.57. The third-order valence-corrected chi connectivity index (χ3v) is 5.97. The van der Waals surface area contributed by atoms with Crippen molar-refractivity contribution in [1.82, 2.24) is 9.88 Å². The summed E-state index contributed by atoms with van der Waals surface area (Å²) in [5.41, 5.74) is 5.42. The van der Waals surface area contributed by atoms with Gasteiger partial charge in [0.25, 0.3) is 0 Å². The van der Waals surface area contributed by atoms with E-state index in [4.69, 9.17) is 21.6 Å². The van der Waals surface area contributed by atoms with Crippen molar-refractivity contribution in [3.8, 4) is 0 Å². The van der Waals surface area contributed by atoms with E-state index in [0.29, 0.717) is 11.6 Å². The first kappa shape index (κ1) is 18.3. The summed E-state index contributed by atoms with van der Waals surface area (Å²) in [6.07, 6.45) is 0. The van der Waals surface area contributed by atoms with E-state index in [1.807, 2.05) is 24.3 Å². The summed E-state index contributed by atoms with van der Waals surface area (Å²) in [5.74, 6) is 1.78. The summed E-state index contributed by atoms with van der Waals surface area (Å²) >= 11 is 6.57. The number of piperazine rings is 1. The number of hydrogen-bond donors (Lipinski definition) is 1. The van der Waals surface area contributed by atoms with Crippen LogP contribution in [0, 0.1) is 0 Å². The molecule has 1 aromatic carbocycles. The molecule has 0 atom stereocenters. The molecule has 1 N–H and O–H groups in total. The molecule has 5 rings (SSSR count). The van der Waals surface area contributed by atoms with Gasteiger partial charge in [0.05, 0.1) is 17.3 Å². The van der Waals surface area contributed by atoms with Crippen LogP contribution in [0.3, 0.4) is 0 Å². The SMILES string of the molecule is CC1=C2N=C(c3ccccc3Cl)c3nc(N4CCN(C)CC4)ccc3NC2=NC1. The Morgan fingerprint density at radius 1 is 1.03 bits per heavy atom. The van der Waals surface area contributed by atoms with Gasteiger partial charge in [0, 0.05) is 31.7 Å². The number of halogens is 1. The lowest BCUT2D eigenvalue weighted by atomic mass is 10.0. The molecule has 0 spiro atoms. The number of rotatable bonds is 2. The Hall–Kier alpha value is -2.70. The van der Waals surface area contributed by atoms with Crippen LogP contribution in [0.25, 0.3) is 0 Å². The molecule has 0 bridgehead atoms. The molecular formula is C22H23ClN6. The number of hydrogen-bond acceptors (Lipinski definition) is 6. The number of fused-ring (bicyclic) bond motifs is 2. The second-order valence-electron chi connectivity index (χ2n) is 7.71. The van der Waals surface area contributed by atoms with Gasteiger partial charge >= 0.3 is 0 Å². The van der Waals surface area contributed by atoms with Crippen molar-refractivity contribution < 1.29 is 0 Å². The molecule has 148 valence electrons. The first-order valence-corrected chi connectivity index (χ1v) is 10.3. The third-order valence-electron chi connectivity index (χ3n) is 5.64. The minimum atomic E-state index is 0.666. The number of amidine groups is 1. The van der Waals surface area contributed by atoms with Crippen LogP contribution in [0.5, 0.6) is 0 Å². The van der Waals surface area contributed by atoms with Crippen LogP contribution in [0.2, 0.25) is 5.02 Å². The summed E-state index contributed by atoms with van der Waals surface area (Å²) in [6.45, 7) is 6.73. The summed E-state index contributed by atoms with van der Waals surface area (Å²) in [4.78, 5) is 19.4. The molecule has 4 heterocycles. The fourth-order valence-corrected chi connectivity index (χ4v) is 4.10. The van der Waals surface area contributed by atoms with Gasteiger partial charge in [-0.05, 0) is 37.7 Å². The molecule has 0 aliphatic carbocycles. The van der Waals surface area contributed by atoms with E-state index >= 15 is 0 Å². The normalized spacial score (nSPS) is 19.2. The van der Waals surface area contributed by atoms with Gasteiger partial charge in [0.15, 0.2) is 5.84 Å². The second kappa shape index (κ2) is 7.28. The van der Waals surface area contributed by atoms with Crippen molar-refractivity contribution in [3.05, 3.63) is 63.9 Å². The zero-order valence-electron chi connectivity index (χ0n) is 16.6. The van der Waals surface area contributed by atoms with Gasteiger partial charge in [-0.3, -0.25) is 4.99 Å². The molecule has 1 aromatic heterocycles. The lowest BCUT2D eigenvalue weighted by molar-refractivity contribution is 0.312. The van der Waals surface area contributed by atoms with Gasteiger partial charge < -0.3 is 15.1 Å². The first-order chi connectivity index (χ1) is 14.1. The summed E-state index contributed by atoms with van der Waals surface area (Å²) in [7, 11) is 2.16. The highest BCUT2D eigenvalue weighted by atomic mass is 35.5. The number of aliphatic imine (C=N–C) groups is 2. The van der Waals surface area contributed by atoms with Crippen molar-refractivity contribution in [2.45, 2.75) is 6.92 Å². The van der Waals surface area contributed by atoms with E-state index in [2.05, 4.69) is 46.2 Å². The molecule has 0 radical (unpaired) electrons. The topological polar surface area (TPSA) is 56.1 Å². The maximum Gasteiger partial charge on any atom is 0.152 e. The van der Waals surface area contributed by atoms with Crippen LogP contribution < -0.4 is 10.2 Å². The summed E-state index contributed by atoms with van der Waals surface area (Å²) in [5, 5.41) is 4.12. The highest BCUT2D eigenvalue weighted by molar-refractivity contribution is 6.36. The number of likely N-dealkylation sites (N-methyl/N-ethyl adjacent to an activating group) is 1. The molecule has 7 heteroatoms. The fourth-order valence-electron chi connectivity index (χ4n) is 3.87. The van der Waals surface area contributed by atoms with Crippen LogP contribution in [0.1, 0.15) is 18.2 Å². The van der Waals surface area contributed by atoms with Gasteiger partial charge in [0.1, 0.15) is 22.9 Å². The largest absolute Gasteiger partial charge is 0.354 e. The van der Waals surface area contributed by atoms with Crippen molar-refractivity contribution in [2.75, 3.05) is 50.0 Å². The molecule has 0 unspecified atom stereocenters. The van der Waals surface area contributed by atoms with E-state index in [0.717, 1.165) is 71.8 Å². The second-order valence-corrected chi connectivity index (χ2v) is 8.12. The van der Waals surface area contributed by atoms with Gasteiger partial charge in [-0.15, -0.1) is 0 Å². The number of nitrogens with zero attached hydrogens (tertiary/aromatic N) is 5. The van der Waals surface area contributed by atoms with Gasteiger partial charge in [-0.2, -0.15) is 0 Å². The number of nitrogens with one attached hydrogen (secondary N) is 1. The Bertz CT molecular complexity index is 1060. The van der Waals surface area contributed by atoms with E-state index in [9.17, 15) is 0 Å². The standard InChI is InChI=1S/C22H23ClN6/c1-14-13-24-22-19(14)27-20(15-5-3-4-6-16(15)23)21-17(25-22)7-8-18(26-21)29-11-9-28(2)10-12-29/h3-8H,9-13H2,1-2H3,(H,24,25). The van der Waals surface area contributed by atoms with Crippen LogP contribution in [-0.4, -0.2) is 61.2 Å². The van der Waals surface area contributed by atoms with Gasteiger partial charge in [-0.25, -0.2) is 9.98 Å². The highest BCUT2D eigenvalue weighted by Crippen LogP contribution is 2.31. The minimum absolute atomic E-state index is 0.666. The quantitative estimate of drug-likeness (QED) is 0.830. The Morgan fingerprint density at radius 3 is 2.62 bits per heavy atom. The molecule has 2 aromatic rings. The maximum absolute atomic E-state index is 6.57. The fraction of sp³-hybridized carbons (Fsp3) is 0.318. The van der Waals surface area contributed by atoms with E-state index in [1.54, 1.807) is 0 Å². The zero-order chi connectivity index (χ0) is 20.0. The molecule has 6 nitrogen and oxygen atoms in total. The zero-order valence-corrected chi connectivity index (χ0v) is 17.4. The first-order valence-electron chi connectivity index (χ1n) is 9.90. The predicted octanol–water partition coefficient (Wildman–Crippen LogP) is 3.44. The lowest BCUT2D eigenvalue weighted by Gasteiger charge is -2.33. The van der Waals surface area contributed by atoms with E-state index in [-0.39, 0.29) is 0 Å². The highest BCUT2D eigenvalue weighted by Gasteiger charge is 2.27. The average molecular weight is 407 g/mol. The van der Waals surface area contributed by atoms with Crippen LogP contribution >= 0.6 is 11.6 Å². The Kier molecular flexibility index (Phi) is 4.60. The molecule has 0 saturated carbocycles. The smallest absolute Gasteiger partial charge is 0.152 e. The summed E-state index contributed by atoms with van der Waals surface area (Å²) < 4.78 is 0. The van der Waals surface area contributed by atoms with E-state index in [1.165, 1.54) is 0 Å². The number of benzene rings is 1. The van der Waals surface area contributed by atoms with Gasteiger partial charge in [0.2, 0.25) is 0 Å². The van der Waals surface area contributed by atoms with Crippen molar-refractivity contribution in [3.63, 3.8) is 0 Å². The average Bonchev–Trinajstić information content (AvgIpc) is 2.98. The lowest BCUT2D eigenvalue weighted by Crippen LogP contribution is -2.44. The third kappa shape index (κ3) is 3.32. The monoisotopic (exact) mass is 406 g/mol. The molecule has 3 aliphatic heterocycles. The van der Waals surface area contributed by atoms with Crippen LogP contribution in [-0.2, 0) is 0 Å². The molecule has 0 amide bonds. The van der Waals surface area contributed by atoms with Crippen molar-refractivity contribution in [2.24, 2.45) is 9.98 Å².